The standard InChI is InChI=1S/C14H31NO7Si/c1-6-14(16)15-13(2)23(20-10-7-17-3,21-11-8-18-4)22-12-9-19-5/h13H,6-12H2,1-5H3,(H,15,16). The molecule has 0 aliphatic carbocycles. The molecule has 0 heterocycles. The molecule has 0 fully saturated rings. The Morgan fingerprint density at radius 1 is 0.870 bits per heavy atom. The van der Waals surface area contributed by atoms with Gasteiger partial charge < -0.3 is 32.8 Å². The molecule has 1 amide bonds. The van der Waals surface area contributed by atoms with Gasteiger partial charge in [0.25, 0.3) is 0 Å². The molecule has 0 radical (unpaired) electrons. The van der Waals surface area contributed by atoms with E-state index in [1.165, 1.54) is 0 Å². The molecule has 0 aliphatic heterocycles. The van der Waals surface area contributed by atoms with E-state index >= 15 is 0 Å². The molecule has 0 spiro atoms. The third kappa shape index (κ3) is 9.35. The first-order valence-electron chi connectivity index (χ1n) is 7.74. The van der Waals surface area contributed by atoms with Gasteiger partial charge in [0.1, 0.15) is 0 Å². The zero-order chi connectivity index (χ0) is 17.6. The Balaban J connectivity index is 5.01. The lowest BCUT2D eigenvalue weighted by molar-refractivity contribution is -0.121. The zero-order valence-electron chi connectivity index (χ0n) is 14.9. The highest BCUT2D eigenvalue weighted by Gasteiger charge is 2.48. The fourth-order valence-electron chi connectivity index (χ4n) is 1.73. The van der Waals surface area contributed by atoms with Gasteiger partial charge in [0.15, 0.2) is 0 Å². The molecule has 8 nitrogen and oxygen atoms in total. The van der Waals surface area contributed by atoms with Crippen LogP contribution < -0.4 is 5.32 Å². The lowest BCUT2D eigenvalue weighted by Crippen LogP contribution is -2.62. The summed E-state index contributed by atoms with van der Waals surface area (Å²) in [7, 11) is 1.61. The third-order valence-electron chi connectivity index (χ3n) is 3.00. The molecule has 0 aromatic rings. The second kappa shape index (κ2) is 13.8. The predicted molar refractivity (Wildman–Crippen MR) is 87.1 cm³/mol. The van der Waals surface area contributed by atoms with Crippen LogP contribution in [0.5, 0.6) is 0 Å². The van der Waals surface area contributed by atoms with Crippen molar-refractivity contribution < 1.29 is 32.3 Å². The van der Waals surface area contributed by atoms with Gasteiger partial charge in [-0.05, 0) is 6.92 Å². The second-order valence-electron chi connectivity index (χ2n) is 4.77. The van der Waals surface area contributed by atoms with Crippen LogP contribution >= 0.6 is 0 Å². The summed E-state index contributed by atoms with van der Waals surface area (Å²) in [4.78, 5) is 11.7. The average molecular weight is 353 g/mol. The van der Waals surface area contributed by atoms with Gasteiger partial charge in [-0.15, -0.1) is 0 Å². The van der Waals surface area contributed by atoms with Gasteiger partial charge in [0, 0.05) is 27.8 Å². The number of rotatable bonds is 15. The van der Waals surface area contributed by atoms with E-state index in [2.05, 4.69) is 5.32 Å². The first kappa shape index (κ1) is 22.4. The van der Waals surface area contributed by atoms with Crippen molar-refractivity contribution >= 4 is 14.7 Å². The zero-order valence-corrected chi connectivity index (χ0v) is 15.9. The Morgan fingerprint density at radius 3 is 1.57 bits per heavy atom. The van der Waals surface area contributed by atoms with E-state index in [0.717, 1.165) is 0 Å². The second-order valence-corrected chi connectivity index (χ2v) is 7.71. The summed E-state index contributed by atoms with van der Waals surface area (Å²) in [5.74, 6) is -0.0876. The van der Waals surface area contributed by atoms with Crippen LogP contribution in [-0.2, 0) is 32.3 Å². The number of hydrogen-bond acceptors (Lipinski definition) is 7. The molecule has 0 saturated heterocycles. The number of carbonyl (C=O) groups excluding carboxylic acids is 1. The molecule has 0 saturated carbocycles. The van der Waals surface area contributed by atoms with Crippen LogP contribution in [-0.4, -0.2) is 81.3 Å². The van der Waals surface area contributed by atoms with Crippen LogP contribution in [0, 0.1) is 0 Å². The molecular weight excluding hydrogens is 322 g/mol. The quantitative estimate of drug-likeness (QED) is 0.336. The molecule has 0 bridgehead atoms. The monoisotopic (exact) mass is 353 g/mol. The van der Waals surface area contributed by atoms with Crippen molar-refractivity contribution in [1.82, 2.24) is 5.32 Å². The van der Waals surface area contributed by atoms with Crippen molar-refractivity contribution in [2.24, 2.45) is 0 Å². The van der Waals surface area contributed by atoms with Gasteiger partial charge in [0.05, 0.1) is 45.3 Å². The summed E-state index contributed by atoms with van der Waals surface area (Å²) in [5, 5.41) is 2.88. The SMILES string of the molecule is CCC(=O)NC(C)[Si](OCCOC)(OCCOC)OCCOC. The lowest BCUT2D eigenvalue weighted by Gasteiger charge is -2.34. The summed E-state index contributed by atoms with van der Waals surface area (Å²) in [6, 6.07) is 0. The number of amides is 1. The fourth-order valence-corrected chi connectivity index (χ4v) is 4.18. The molecule has 0 aromatic carbocycles. The maximum absolute atomic E-state index is 11.7. The van der Waals surface area contributed by atoms with Crippen molar-refractivity contribution in [3.63, 3.8) is 0 Å². The van der Waals surface area contributed by atoms with E-state index in [1.807, 2.05) is 6.92 Å². The minimum absolute atomic E-state index is 0.0876. The number of hydrogen-bond donors (Lipinski definition) is 1. The highest BCUT2D eigenvalue weighted by atomic mass is 28.4. The van der Waals surface area contributed by atoms with Gasteiger partial charge in [-0.1, -0.05) is 6.92 Å². The summed E-state index contributed by atoms with van der Waals surface area (Å²) < 4.78 is 32.8. The normalized spacial score (nSPS) is 13.1. The maximum Gasteiger partial charge on any atom is 0.524 e. The van der Waals surface area contributed by atoms with Crippen LogP contribution in [0.2, 0.25) is 0 Å². The molecule has 1 N–H and O–H groups in total. The van der Waals surface area contributed by atoms with E-state index in [4.69, 9.17) is 27.5 Å². The minimum atomic E-state index is -3.16. The van der Waals surface area contributed by atoms with Gasteiger partial charge in [-0.3, -0.25) is 4.79 Å². The Morgan fingerprint density at radius 2 is 1.26 bits per heavy atom. The Bertz CT molecular complexity index is 280. The van der Waals surface area contributed by atoms with Gasteiger partial charge >= 0.3 is 8.80 Å². The van der Waals surface area contributed by atoms with E-state index < -0.39 is 8.80 Å². The molecular formula is C14H31NO7Si. The number of carbonyl (C=O) groups is 1. The topological polar surface area (TPSA) is 84.5 Å². The molecule has 138 valence electrons. The molecule has 1 unspecified atom stereocenters. The molecule has 0 aliphatic rings. The van der Waals surface area contributed by atoms with E-state index in [9.17, 15) is 4.79 Å². The van der Waals surface area contributed by atoms with E-state index in [-0.39, 0.29) is 11.6 Å². The highest BCUT2D eigenvalue weighted by Crippen LogP contribution is 2.16. The number of ether oxygens (including phenoxy) is 3. The van der Waals surface area contributed by atoms with Gasteiger partial charge in [-0.2, -0.15) is 0 Å². The van der Waals surface area contributed by atoms with Crippen LogP contribution in [0.15, 0.2) is 0 Å². The van der Waals surface area contributed by atoms with Crippen molar-refractivity contribution in [2.75, 3.05) is 61.0 Å². The summed E-state index contributed by atoms with van der Waals surface area (Å²) in [5.41, 5.74) is -0.388. The molecule has 1 atom stereocenters. The molecule has 0 rings (SSSR count). The molecule has 9 heteroatoms. The Labute approximate surface area is 140 Å². The lowest BCUT2D eigenvalue weighted by atomic mass is 10.4. The molecule has 23 heavy (non-hydrogen) atoms. The Hall–Kier alpha value is -0.553. The van der Waals surface area contributed by atoms with Gasteiger partial charge in [-0.25, -0.2) is 0 Å². The smallest absolute Gasteiger partial charge is 0.382 e. The average Bonchev–Trinajstić information content (AvgIpc) is 2.54. The fraction of sp³-hybridized carbons (Fsp3) is 0.929. The van der Waals surface area contributed by atoms with Crippen LogP contribution in [0.1, 0.15) is 20.3 Å². The first-order chi connectivity index (χ1) is 11.1. The third-order valence-corrected chi connectivity index (χ3v) is 6.03. The molecule has 0 aromatic heterocycles. The summed E-state index contributed by atoms with van der Waals surface area (Å²) in [6.45, 7) is 5.78. The maximum atomic E-state index is 11.7. The van der Waals surface area contributed by atoms with Gasteiger partial charge in [0.2, 0.25) is 5.91 Å². The highest BCUT2D eigenvalue weighted by molar-refractivity contribution is 6.62. The predicted octanol–water partition coefficient (Wildman–Crippen LogP) is 0.368. The Kier molecular flexibility index (Phi) is 13.5. The van der Waals surface area contributed by atoms with Crippen LogP contribution in [0.3, 0.4) is 0 Å². The van der Waals surface area contributed by atoms with Crippen molar-refractivity contribution in [1.29, 1.82) is 0 Å². The van der Waals surface area contributed by atoms with Crippen LogP contribution in [0.25, 0.3) is 0 Å². The van der Waals surface area contributed by atoms with Crippen molar-refractivity contribution in [2.45, 2.75) is 25.9 Å². The van der Waals surface area contributed by atoms with Crippen molar-refractivity contribution in [3.8, 4) is 0 Å². The largest absolute Gasteiger partial charge is 0.524 e. The summed E-state index contributed by atoms with van der Waals surface area (Å²) >= 11 is 0. The number of methoxy groups -OCH3 is 3. The first-order valence-corrected chi connectivity index (χ1v) is 9.54. The van der Waals surface area contributed by atoms with Crippen LogP contribution in [0.4, 0.5) is 0 Å². The van der Waals surface area contributed by atoms with E-state index in [0.29, 0.717) is 46.1 Å². The number of nitrogens with one attached hydrogen (secondary N) is 1. The van der Waals surface area contributed by atoms with E-state index in [1.54, 1.807) is 28.3 Å². The minimum Gasteiger partial charge on any atom is -0.382 e. The summed E-state index contributed by atoms with van der Waals surface area (Å²) in [6.07, 6.45) is 0.378. The van der Waals surface area contributed by atoms with Crippen molar-refractivity contribution in [3.05, 3.63) is 0 Å².